The Morgan fingerprint density at radius 3 is 2.47 bits per heavy atom. The molecule has 0 saturated heterocycles. The standard InChI is InChI=1S/C13H15ClO3/c14-11-4-2-10(3-5-11)9-17-13(6-1-7-13)8-12(15)16/h2-5H,1,6-9H2,(H,15,16). The van der Waals surface area contributed by atoms with E-state index in [0.29, 0.717) is 11.6 Å². The van der Waals surface area contributed by atoms with Crippen molar-refractivity contribution in [3.8, 4) is 0 Å². The first-order valence-corrected chi connectivity index (χ1v) is 6.08. The Kier molecular flexibility index (Phi) is 3.69. The van der Waals surface area contributed by atoms with Crippen LogP contribution < -0.4 is 0 Å². The molecule has 1 N–H and O–H groups in total. The highest BCUT2D eigenvalue weighted by molar-refractivity contribution is 6.30. The number of hydrogen-bond acceptors (Lipinski definition) is 2. The number of aliphatic carboxylic acids is 1. The van der Waals surface area contributed by atoms with Gasteiger partial charge in [-0.05, 0) is 37.0 Å². The first-order chi connectivity index (χ1) is 8.10. The Hall–Kier alpha value is -1.06. The third-order valence-electron chi connectivity index (χ3n) is 3.20. The van der Waals surface area contributed by atoms with Crippen molar-refractivity contribution in [2.75, 3.05) is 0 Å². The van der Waals surface area contributed by atoms with Crippen LogP contribution >= 0.6 is 11.6 Å². The summed E-state index contributed by atoms with van der Waals surface area (Å²) in [6.07, 6.45) is 2.83. The molecule has 0 unspecified atom stereocenters. The van der Waals surface area contributed by atoms with E-state index in [0.717, 1.165) is 24.8 Å². The first kappa shape index (κ1) is 12.4. The lowest BCUT2D eigenvalue weighted by atomic mass is 9.77. The van der Waals surface area contributed by atoms with Crippen LogP contribution in [0.15, 0.2) is 24.3 Å². The molecule has 0 aliphatic heterocycles. The number of carbonyl (C=O) groups is 1. The zero-order valence-corrected chi connectivity index (χ0v) is 10.2. The van der Waals surface area contributed by atoms with Crippen LogP contribution in [0.3, 0.4) is 0 Å². The molecule has 0 amide bonds. The summed E-state index contributed by atoms with van der Waals surface area (Å²) in [5.74, 6) is -0.791. The SMILES string of the molecule is O=C(O)CC1(OCc2ccc(Cl)cc2)CCC1. The fourth-order valence-corrected chi connectivity index (χ4v) is 2.16. The lowest BCUT2D eigenvalue weighted by Crippen LogP contribution is -2.42. The van der Waals surface area contributed by atoms with E-state index >= 15 is 0 Å². The highest BCUT2D eigenvalue weighted by atomic mass is 35.5. The quantitative estimate of drug-likeness (QED) is 0.877. The van der Waals surface area contributed by atoms with Crippen molar-refractivity contribution in [2.24, 2.45) is 0 Å². The van der Waals surface area contributed by atoms with Crippen LogP contribution in [-0.4, -0.2) is 16.7 Å². The smallest absolute Gasteiger partial charge is 0.306 e. The Morgan fingerprint density at radius 1 is 1.35 bits per heavy atom. The van der Waals surface area contributed by atoms with E-state index in [-0.39, 0.29) is 6.42 Å². The summed E-state index contributed by atoms with van der Waals surface area (Å²) in [4.78, 5) is 10.8. The van der Waals surface area contributed by atoms with Gasteiger partial charge in [-0.15, -0.1) is 0 Å². The van der Waals surface area contributed by atoms with Crippen molar-refractivity contribution >= 4 is 17.6 Å². The summed E-state index contributed by atoms with van der Waals surface area (Å²) in [6.45, 7) is 0.449. The number of rotatable bonds is 5. The zero-order chi connectivity index (χ0) is 12.3. The summed E-state index contributed by atoms with van der Waals surface area (Å²) in [5.41, 5.74) is 0.580. The van der Waals surface area contributed by atoms with Gasteiger partial charge in [-0.25, -0.2) is 0 Å². The largest absolute Gasteiger partial charge is 0.481 e. The average Bonchev–Trinajstić information content (AvgIpc) is 2.23. The maximum absolute atomic E-state index is 10.8. The van der Waals surface area contributed by atoms with Gasteiger partial charge in [0.05, 0.1) is 18.6 Å². The summed E-state index contributed by atoms with van der Waals surface area (Å²) >= 11 is 5.79. The van der Waals surface area contributed by atoms with Gasteiger partial charge < -0.3 is 9.84 Å². The molecule has 1 aliphatic rings. The van der Waals surface area contributed by atoms with Crippen molar-refractivity contribution in [2.45, 2.75) is 37.9 Å². The molecule has 0 radical (unpaired) electrons. The predicted molar refractivity (Wildman–Crippen MR) is 65.1 cm³/mol. The minimum absolute atomic E-state index is 0.0978. The third-order valence-corrected chi connectivity index (χ3v) is 3.45. The summed E-state index contributed by atoms with van der Waals surface area (Å²) in [7, 11) is 0. The van der Waals surface area contributed by atoms with Gasteiger partial charge in [-0.1, -0.05) is 23.7 Å². The molecule has 0 bridgehead atoms. The molecule has 17 heavy (non-hydrogen) atoms. The Bertz CT molecular complexity index is 396. The first-order valence-electron chi connectivity index (χ1n) is 5.70. The van der Waals surface area contributed by atoms with Crippen LogP contribution in [0.5, 0.6) is 0 Å². The highest BCUT2D eigenvalue weighted by Gasteiger charge is 2.40. The predicted octanol–water partition coefficient (Wildman–Crippen LogP) is 3.25. The van der Waals surface area contributed by atoms with Gasteiger partial charge >= 0.3 is 5.97 Å². The number of benzene rings is 1. The molecule has 1 fully saturated rings. The molecular weight excluding hydrogens is 240 g/mol. The van der Waals surface area contributed by atoms with Crippen LogP contribution in [0.2, 0.25) is 5.02 Å². The number of ether oxygens (including phenoxy) is 1. The van der Waals surface area contributed by atoms with E-state index in [2.05, 4.69) is 0 Å². The van der Waals surface area contributed by atoms with E-state index < -0.39 is 11.6 Å². The zero-order valence-electron chi connectivity index (χ0n) is 9.49. The molecular formula is C13H15ClO3. The second-order valence-corrected chi connectivity index (χ2v) is 4.96. The molecule has 4 heteroatoms. The van der Waals surface area contributed by atoms with Crippen molar-refractivity contribution in [1.82, 2.24) is 0 Å². The van der Waals surface area contributed by atoms with E-state index in [9.17, 15) is 4.79 Å². The molecule has 3 nitrogen and oxygen atoms in total. The maximum atomic E-state index is 10.8. The molecule has 1 saturated carbocycles. The molecule has 1 aromatic carbocycles. The number of carboxylic acids is 1. The van der Waals surface area contributed by atoms with E-state index in [1.54, 1.807) is 0 Å². The molecule has 0 heterocycles. The molecule has 1 aromatic rings. The van der Waals surface area contributed by atoms with Gasteiger partial charge in [0.1, 0.15) is 0 Å². The Balaban J connectivity index is 1.92. The van der Waals surface area contributed by atoms with Crippen molar-refractivity contribution in [1.29, 1.82) is 0 Å². The van der Waals surface area contributed by atoms with Crippen molar-refractivity contribution < 1.29 is 14.6 Å². The molecule has 0 aromatic heterocycles. The highest BCUT2D eigenvalue weighted by Crippen LogP contribution is 2.39. The topological polar surface area (TPSA) is 46.5 Å². The lowest BCUT2D eigenvalue weighted by molar-refractivity contribution is -0.156. The van der Waals surface area contributed by atoms with Crippen LogP contribution in [0, 0.1) is 0 Å². The summed E-state index contributed by atoms with van der Waals surface area (Å²) in [6, 6.07) is 7.42. The molecule has 2 rings (SSSR count). The van der Waals surface area contributed by atoms with Crippen molar-refractivity contribution in [3.05, 3.63) is 34.9 Å². The maximum Gasteiger partial charge on any atom is 0.306 e. The molecule has 1 aliphatic carbocycles. The average molecular weight is 255 g/mol. The molecule has 0 spiro atoms. The van der Waals surface area contributed by atoms with E-state index in [1.165, 1.54) is 0 Å². The monoisotopic (exact) mass is 254 g/mol. The van der Waals surface area contributed by atoms with Gasteiger partial charge in [-0.3, -0.25) is 4.79 Å². The third kappa shape index (κ3) is 3.20. The minimum Gasteiger partial charge on any atom is -0.481 e. The number of hydrogen-bond donors (Lipinski definition) is 1. The molecule has 92 valence electrons. The van der Waals surface area contributed by atoms with Gasteiger partial charge in [0, 0.05) is 5.02 Å². The Morgan fingerprint density at radius 2 is 2.00 bits per heavy atom. The van der Waals surface area contributed by atoms with E-state index in [1.807, 2.05) is 24.3 Å². The normalized spacial score (nSPS) is 17.5. The number of carboxylic acid groups (broad SMARTS) is 1. The van der Waals surface area contributed by atoms with Gasteiger partial charge in [0.25, 0.3) is 0 Å². The van der Waals surface area contributed by atoms with Crippen LogP contribution in [-0.2, 0) is 16.1 Å². The van der Waals surface area contributed by atoms with Crippen molar-refractivity contribution in [3.63, 3.8) is 0 Å². The van der Waals surface area contributed by atoms with E-state index in [4.69, 9.17) is 21.4 Å². The fraction of sp³-hybridized carbons (Fsp3) is 0.462. The van der Waals surface area contributed by atoms with Gasteiger partial charge in [-0.2, -0.15) is 0 Å². The lowest BCUT2D eigenvalue weighted by Gasteiger charge is -2.40. The number of halogens is 1. The van der Waals surface area contributed by atoms with Gasteiger partial charge in [0.2, 0.25) is 0 Å². The summed E-state index contributed by atoms with van der Waals surface area (Å²) < 4.78 is 5.78. The van der Waals surface area contributed by atoms with Crippen LogP contribution in [0.1, 0.15) is 31.2 Å². The van der Waals surface area contributed by atoms with Crippen LogP contribution in [0.4, 0.5) is 0 Å². The fourth-order valence-electron chi connectivity index (χ4n) is 2.04. The minimum atomic E-state index is -0.791. The summed E-state index contributed by atoms with van der Waals surface area (Å²) in [5, 5.41) is 9.54. The van der Waals surface area contributed by atoms with Gasteiger partial charge in [0.15, 0.2) is 0 Å². The van der Waals surface area contributed by atoms with Crippen LogP contribution in [0.25, 0.3) is 0 Å². The molecule has 0 atom stereocenters. The second-order valence-electron chi connectivity index (χ2n) is 4.52. The Labute approximate surface area is 105 Å². The second kappa shape index (κ2) is 5.07.